The molecule has 1 atom stereocenters. The minimum absolute atomic E-state index is 0.432. The van der Waals surface area contributed by atoms with Crippen molar-refractivity contribution in [3.8, 4) is 0 Å². The van der Waals surface area contributed by atoms with Gasteiger partial charge in [0.15, 0.2) is 0 Å². The molecule has 0 saturated heterocycles. The van der Waals surface area contributed by atoms with Gasteiger partial charge in [-0.15, -0.1) is 0 Å². The van der Waals surface area contributed by atoms with Crippen LogP contribution in [-0.2, 0) is 0 Å². The molecule has 0 aliphatic rings. The van der Waals surface area contributed by atoms with Gasteiger partial charge in [0.05, 0.1) is 0 Å². The van der Waals surface area contributed by atoms with Crippen molar-refractivity contribution in [3.63, 3.8) is 0 Å². The van der Waals surface area contributed by atoms with E-state index in [2.05, 4.69) is 66.3 Å². The first-order valence-electron chi connectivity index (χ1n) is 5.58. The maximum atomic E-state index is 3.54. The van der Waals surface area contributed by atoms with Gasteiger partial charge in [0.1, 0.15) is 0 Å². The first-order valence-corrected chi connectivity index (χ1v) is 6.37. The molecular formula is C13H20BrN. The molecule has 2 heteroatoms. The molecule has 1 aromatic carbocycles. The van der Waals surface area contributed by atoms with Crippen molar-refractivity contribution >= 4 is 15.9 Å². The Morgan fingerprint density at radius 1 is 1.27 bits per heavy atom. The molecule has 15 heavy (non-hydrogen) atoms. The lowest BCUT2D eigenvalue weighted by Gasteiger charge is -2.15. The zero-order valence-electron chi connectivity index (χ0n) is 9.76. The quantitative estimate of drug-likeness (QED) is 0.847. The average molecular weight is 270 g/mol. The van der Waals surface area contributed by atoms with Crippen LogP contribution in [0.5, 0.6) is 0 Å². The Hall–Kier alpha value is -0.340. The van der Waals surface area contributed by atoms with E-state index in [-0.39, 0.29) is 0 Å². The second-order valence-electron chi connectivity index (χ2n) is 4.41. The smallest absolute Gasteiger partial charge is 0.0292 e. The van der Waals surface area contributed by atoms with Gasteiger partial charge in [0.2, 0.25) is 0 Å². The van der Waals surface area contributed by atoms with Crippen LogP contribution in [0.1, 0.15) is 38.8 Å². The molecule has 1 nitrogen and oxygen atoms in total. The maximum Gasteiger partial charge on any atom is 0.0292 e. The van der Waals surface area contributed by atoms with Gasteiger partial charge in [0.25, 0.3) is 0 Å². The summed E-state index contributed by atoms with van der Waals surface area (Å²) in [6, 6.07) is 8.91. The van der Waals surface area contributed by atoms with E-state index >= 15 is 0 Å². The Balaban J connectivity index is 2.43. The minimum Gasteiger partial charge on any atom is -0.310 e. The topological polar surface area (TPSA) is 12.0 Å². The second-order valence-corrected chi connectivity index (χ2v) is 5.33. The number of benzene rings is 1. The number of hydrogen-bond donors (Lipinski definition) is 1. The number of halogens is 1. The first-order chi connectivity index (χ1) is 7.09. The van der Waals surface area contributed by atoms with Gasteiger partial charge in [-0.1, -0.05) is 41.9 Å². The van der Waals surface area contributed by atoms with E-state index in [1.54, 1.807) is 0 Å². The third kappa shape index (κ3) is 4.80. The van der Waals surface area contributed by atoms with Crippen LogP contribution >= 0.6 is 15.9 Å². The summed E-state index contributed by atoms with van der Waals surface area (Å²) >= 11 is 3.49. The van der Waals surface area contributed by atoms with E-state index in [9.17, 15) is 0 Å². The molecule has 0 amide bonds. The Kier molecular flexibility index (Phi) is 5.34. The third-order valence-corrected chi connectivity index (χ3v) is 3.01. The van der Waals surface area contributed by atoms with Crippen LogP contribution in [0, 0.1) is 5.92 Å². The van der Waals surface area contributed by atoms with E-state index in [4.69, 9.17) is 0 Å². The van der Waals surface area contributed by atoms with Crippen LogP contribution in [0.3, 0.4) is 0 Å². The van der Waals surface area contributed by atoms with E-state index in [1.807, 2.05) is 0 Å². The third-order valence-electron chi connectivity index (χ3n) is 2.52. The first kappa shape index (κ1) is 12.7. The highest BCUT2D eigenvalue weighted by atomic mass is 79.9. The molecule has 0 bridgehead atoms. The van der Waals surface area contributed by atoms with Crippen molar-refractivity contribution < 1.29 is 0 Å². The molecule has 0 aromatic heterocycles. The van der Waals surface area contributed by atoms with Crippen molar-refractivity contribution in [2.75, 3.05) is 6.54 Å². The lowest BCUT2D eigenvalue weighted by molar-refractivity contribution is 0.497. The second kappa shape index (κ2) is 6.29. The molecule has 1 aromatic rings. The fourth-order valence-electron chi connectivity index (χ4n) is 1.48. The Morgan fingerprint density at radius 3 is 2.60 bits per heavy atom. The van der Waals surface area contributed by atoms with Gasteiger partial charge in [-0.05, 0) is 43.5 Å². The van der Waals surface area contributed by atoms with Gasteiger partial charge in [-0.3, -0.25) is 0 Å². The summed E-state index contributed by atoms with van der Waals surface area (Å²) in [4.78, 5) is 0. The van der Waals surface area contributed by atoms with Gasteiger partial charge in [-0.2, -0.15) is 0 Å². The summed E-state index contributed by atoms with van der Waals surface area (Å²) in [6.07, 6.45) is 1.23. The highest BCUT2D eigenvalue weighted by molar-refractivity contribution is 9.10. The molecule has 0 unspecified atom stereocenters. The molecule has 0 saturated carbocycles. The van der Waals surface area contributed by atoms with E-state index in [0.717, 1.165) is 16.9 Å². The van der Waals surface area contributed by atoms with Crippen molar-refractivity contribution in [1.29, 1.82) is 0 Å². The highest BCUT2D eigenvalue weighted by Gasteiger charge is 2.04. The van der Waals surface area contributed by atoms with E-state index in [0.29, 0.717) is 6.04 Å². The molecule has 1 N–H and O–H groups in total. The average Bonchev–Trinajstić information content (AvgIpc) is 2.17. The van der Waals surface area contributed by atoms with Crippen LogP contribution < -0.4 is 5.32 Å². The van der Waals surface area contributed by atoms with Crippen LogP contribution in [0.2, 0.25) is 0 Å². The van der Waals surface area contributed by atoms with Gasteiger partial charge in [-0.25, -0.2) is 0 Å². The predicted octanol–water partition coefficient (Wildman–Crippen LogP) is 4.15. The van der Waals surface area contributed by atoms with E-state index < -0.39 is 0 Å². The van der Waals surface area contributed by atoms with Crippen molar-refractivity contribution in [2.45, 2.75) is 33.2 Å². The predicted molar refractivity (Wildman–Crippen MR) is 70.0 cm³/mol. The number of rotatable bonds is 5. The van der Waals surface area contributed by atoms with Gasteiger partial charge >= 0.3 is 0 Å². The fourth-order valence-corrected chi connectivity index (χ4v) is 1.90. The van der Waals surface area contributed by atoms with Gasteiger partial charge in [0, 0.05) is 10.5 Å². The molecule has 0 aliphatic carbocycles. The largest absolute Gasteiger partial charge is 0.310 e. The maximum absolute atomic E-state index is 3.54. The lowest BCUT2D eigenvalue weighted by atomic mass is 10.1. The summed E-state index contributed by atoms with van der Waals surface area (Å²) in [5, 5.41) is 3.54. The zero-order valence-corrected chi connectivity index (χ0v) is 11.3. The van der Waals surface area contributed by atoms with Crippen LogP contribution in [0.15, 0.2) is 28.7 Å². The Bertz CT molecular complexity index is 296. The van der Waals surface area contributed by atoms with E-state index in [1.165, 1.54) is 12.0 Å². The lowest BCUT2D eigenvalue weighted by Crippen LogP contribution is -2.20. The fraction of sp³-hybridized carbons (Fsp3) is 0.538. The normalized spacial score (nSPS) is 13.1. The molecule has 84 valence electrons. The molecular weight excluding hydrogens is 250 g/mol. The van der Waals surface area contributed by atoms with Crippen LogP contribution in [-0.4, -0.2) is 6.54 Å². The zero-order chi connectivity index (χ0) is 11.3. The Labute approximate surface area is 101 Å². The van der Waals surface area contributed by atoms with Crippen LogP contribution in [0.25, 0.3) is 0 Å². The van der Waals surface area contributed by atoms with Crippen molar-refractivity contribution in [3.05, 3.63) is 34.3 Å². The summed E-state index contributed by atoms with van der Waals surface area (Å²) in [7, 11) is 0. The van der Waals surface area contributed by atoms with Gasteiger partial charge < -0.3 is 5.32 Å². The molecule has 0 heterocycles. The standard InChI is InChI=1S/C13H20BrN/c1-10(2)7-8-15-11(3)12-5-4-6-13(14)9-12/h4-6,9-11,15H,7-8H2,1-3H3/t11-/m1/s1. The van der Waals surface area contributed by atoms with Crippen molar-refractivity contribution in [2.24, 2.45) is 5.92 Å². The summed E-state index contributed by atoms with van der Waals surface area (Å²) in [6.45, 7) is 7.81. The monoisotopic (exact) mass is 269 g/mol. The molecule has 0 radical (unpaired) electrons. The van der Waals surface area contributed by atoms with Crippen molar-refractivity contribution in [1.82, 2.24) is 5.32 Å². The summed E-state index contributed by atoms with van der Waals surface area (Å²) in [5.41, 5.74) is 1.34. The molecule has 1 rings (SSSR count). The minimum atomic E-state index is 0.432. The Morgan fingerprint density at radius 2 is 2.00 bits per heavy atom. The highest BCUT2D eigenvalue weighted by Crippen LogP contribution is 2.17. The molecule has 0 spiro atoms. The summed E-state index contributed by atoms with van der Waals surface area (Å²) in [5.74, 6) is 0.771. The SMILES string of the molecule is CC(C)CCN[C@H](C)c1cccc(Br)c1. The summed E-state index contributed by atoms with van der Waals surface area (Å²) < 4.78 is 1.15. The molecule has 0 fully saturated rings. The van der Waals surface area contributed by atoms with Crippen LogP contribution in [0.4, 0.5) is 0 Å². The number of hydrogen-bond acceptors (Lipinski definition) is 1. The molecule has 0 aliphatic heterocycles. The number of nitrogens with one attached hydrogen (secondary N) is 1.